The zero-order chi connectivity index (χ0) is 22.2. The molecular formula is C24H25FN4O2. The highest BCUT2D eigenvalue weighted by molar-refractivity contribution is 6.07. The van der Waals surface area contributed by atoms with Crippen molar-refractivity contribution in [1.29, 1.82) is 0 Å². The van der Waals surface area contributed by atoms with Crippen LogP contribution in [0.3, 0.4) is 0 Å². The van der Waals surface area contributed by atoms with Gasteiger partial charge in [-0.3, -0.25) is 9.59 Å². The van der Waals surface area contributed by atoms with Gasteiger partial charge in [-0.15, -0.1) is 0 Å². The number of fused-ring (bicyclic) bond motifs is 1. The second-order valence-corrected chi connectivity index (χ2v) is 8.51. The number of amides is 1. The fourth-order valence-electron chi connectivity index (χ4n) is 3.78. The molecule has 0 saturated carbocycles. The molecule has 0 aliphatic heterocycles. The van der Waals surface area contributed by atoms with Crippen LogP contribution in [0.2, 0.25) is 0 Å². The Morgan fingerprint density at radius 1 is 1.19 bits per heavy atom. The molecule has 0 bridgehead atoms. The van der Waals surface area contributed by atoms with E-state index in [1.807, 2.05) is 30.3 Å². The van der Waals surface area contributed by atoms with Gasteiger partial charge in [-0.05, 0) is 50.5 Å². The van der Waals surface area contributed by atoms with Gasteiger partial charge in [-0.2, -0.15) is 0 Å². The first kappa shape index (κ1) is 20.8. The SMILES string of the molecule is CC1CC(=O)c2c([nH]c(-c3ccnc(NC(=O)C(C)(C)F)c3)c2Nc2ccccc2)C1. The van der Waals surface area contributed by atoms with Crippen molar-refractivity contribution in [2.75, 3.05) is 10.6 Å². The van der Waals surface area contributed by atoms with E-state index in [0.29, 0.717) is 17.7 Å². The van der Waals surface area contributed by atoms with E-state index in [1.54, 1.807) is 18.3 Å². The second-order valence-electron chi connectivity index (χ2n) is 8.51. The van der Waals surface area contributed by atoms with E-state index >= 15 is 0 Å². The molecule has 7 heteroatoms. The van der Waals surface area contributed by atoms with Gasteiger partial charge in [0.25, 0.3) is 5.91 Å². The van der Waals surface area contributed by atoms with Gasteiger partial charge in [0.05, 0.1) is 16.9 Å². The van der Waals surface area contributed by atoms with Gasteiger partial charge in [0.2, 0.25) is 0 Å². The Bertz CT molecular complexity index is 1130. The molecule has 3 aromatic rings. The lowest BCUT2D eigenvalue weighted by Gasteiger charge is -2.18. The van der Waals surface area contributed by atoms with Crippen LogP contribution < -0.4 is 10.6 Å². The number of para-hydroxylation sites is 1. The van der Waals surface area contributed by atoms with Gasteiger partial charge in [-0.1, -0.05) is 25.1 Å². The number of pyridine rings is 1. The number of halogens is 1. The average Bonchev–Trinajstić information content (AvgIpc) is 3.06. The number of H-pyrrole nitrogens is 1. The monoisotopic (exact) mass is 420 g/mol. The van der Waals surface area contributed by atoms with Crippen LogP contribution in [0.5, 0.6) is 0 Å². The Hall–Kier alpha value is -3.48. The Labute approximate surface area is 180 Å². The normalized spacial score (nSPS) is 16.0. The smallest absolute Gasteiger partial charge is 0.262 e. The molecule has 1 unspecified atom stereocenters. The molecule has 3 N–H and O–H groups in total. The van der Waals surface area contributed by atoms with Crippen molar-refractivity contribution >= 4 is 28.9 Å². The lowest BCUT2D eigenvalue weighted by Crippen LogP contribution is -2.32. The van der Waals surface area contributed by atoms with E-state index < -0.39 is 11.6 Å². The number of Topliss-reactive ketones (excluding diaryl/α,β-unsaturated/α-hetero) is 1. The number of carbonyl (C=O) groups is 2. The number of ketones is 1. The molecule has 1 amide bonds. The van der Waals surface area contributed by atoms with E-state index in [4.69, 9.17) is 0 Å². The highest BCUT2D eigenvalue weighted by Crippen LogP contribution is 2.40. The molecule has 1 aliphatic carbocycles. The molecule has 0 radical (unpaired) electrons. The number of anilines is 3. The first-order valence-corrected chi connectivity index (χ1v) is 10.3. The first-order valence-electron chi connectivity index (χ1n) is 10.3. The highest BCUT2D eigenvalue weighted by Gasteiger charge is 2.30. The molecular weight excluding hydrogens is 395 g/mol. The van der Waals surface area contributed by atoms with Crippen LogP contribution in [0.25, 0.3) is 11.3 Å². The van der Waals surface area contributed by atoms with E-state index in [1.165, 1.54) is 13.8 Å². The maximum absolute atomic E-state index is 13.9. The molecule has 1 atom stereocenters. The van der Waals surface area contributed by atoms with Crippen LogP contribution in [0, 0.1) is 5.92 Å². The van der Waals surface area contributed by atoms with Crippen LogP contribution in [0.4, 0.5) is 21.6 Å². The number of aromatic nitrogens is 2. The number of hydrogen-bond acceptors (Lipinski definition) is 4. The summed E-state index contributed by atoms with van der Waals surface area (Å²) in [6.45, 7) is 4.45. The van der Waals surface area contributed by atoms with Crippen molar-refractivity contribution in [3.63, 3.8) is 0 Å². The number of carbonyl (C=O) groups excluding carboxylic acids is 2. The van der Waals surface area contributed by atoms with Crippen molar-refractivity contribution in [1.82, 2.24) is 9.97 Å². The van der Waals surface area contributed by atoms with Gasteiger partial charge < -0.3 is 15.6 Å². The van der Waals surface area contributed by atoms with Crippen molar-refractivity contribution in [2.24, 2.45) is 5.92 Å². The summed E-state index contributed by atoms with van der Waals surface area (Å²) in [6.07, 6.45) is 2.82. The van der Waals surface area contributed by atoms with Gasteiger partial charge in [-0.25, -0.2) is 9.37 Å². The summed E-state index contributed by atoms with van der Waals surface area (Å²) in [5, 5.41) is 5.90. The van der Waals surface area contributed by atoms with Crippen molar-refractivity contribution in [3.8, 4) is 11.3 Å². The quantitative estimate of drug-likeness (QED) is 0.525. The van der Waals surface area contributed by atoms with E-state index in [-0.39, 0.29) is 17.5 Å². The number of nitrogens with zero attached hydrogens (tertiary/aromatic N) is 1. The molecule has 0 saturated heterocycles. The fraction of sp³-hybridized carbons (Fsp3) is 0.292. The number of benzene rings is 1. The number of nitrogens with one attached hydrogen (secondary N) is 3. The average molecular weight is 420 g/mol. The molecule has 160 valence electrons. The predicted octanol–water partition coefficient (Wildman–Crippen LogP) is 5.27. The molecule has 6 nitrogen and oxygen atoms in total. The van der Waals surface area contributed by atoms with Crippen LogP contribution in [-0.2, 0) is 11.2 Å². The third-order valence-electron chi connectivity index (χ3n) is 5.32. The van der Waals surface area contributed by atoms with Gasteiger partial charge in [0, 0.05) is 29.6 Å². The zero-order valence-corrected chi connectivity index (χ0v) is 17.8. The first-order chi connectivity index (χ1) is 14.7. The summed E-state index contributed by atoms with van der Waals surface area (Å²) in [7, 11) is 0. The minimum Gasteiger partial charge on any atom is -0.356 e. The van der Waals surface area contributed by atoms with Crippen LogP contribution in [0.15, 0.2) is 48.7 Å². The third-order valence-corrected chi connectivity index (χ3v) is 5.32. The largest absolute Gasteiger partial charge is 0.356 e. The van der Waals surface area contributed by atoms with Crippen molar-refractivity contribution in [3.05, 3.63) is 59.9 Å². The standard InChI is InChI=1S/C24H25FN4O2/c1-14-11-17-20(18(30)12-14)22(27-16-7-5-4-6-8-16)21(28-17)15-9-10-26-19(13-15)29-23(31)24(2,3)25/h4-10,13-14,27-28H,11-12H2,1-3H3,(H,26,29,31). The summed E-state index contributed by atoms with van der Waals surface area (Å²) >= 11 is 0. The van der Waals surface area contributed by atoms with Gasteiger partial charge >= 0.3 is 0 Å². The maximum Gasteiger partial charge on any atom is 0.262 e. The fourth-order valence-corrected chi connectivity index (χ4v) is 3.78. The van der Waals surface area contributed by atoms with Gasteiger partial charge in [0.1, 0.15) is 5.82 Å². The minimum atomic E-state index is -2.02. The maximum atomic E-state index is 13.9. The lowest BCUT2D eigenvalue weighted by molar-refractivity contribution is -0.125. The Morgan fingerprint density at radius 2 is 1.94 bits per heavy atom. The lowest BCUT2D eigenvalue weighted by atomic mass is 9.87. The molecule has 2 aromatic heterocycles. The Morgan fingerprint density at radius 3 is 2.65 bits per heavy atom. The molecule has 1 aromatic carbocycles. The Balaban J connectivity index is 1.78. The highest BCUT2D eigenvalue weighted by atomic mass is 19.1. The van der Waals surface area contributed by atoms with E-state index in [2.05, 4.69) is 27.5 Å². The number of hydrogen-bond donors (Lipinski definition) is 3. The molecule has 0 spiro atoms. The number of alkyl halides is 1. The van der Waals surface area contributed by atoms with E-state index in [0.717, 1.165) is 29.1 Å². The second kappa shape index (κ2) is 7.98. The van der Waals surface area contributed by atoms with Crippen LogP contribution in [0.1, 0.15) is 43.2 Å². The molecule has 2 heterocycles. The third kappa shape index (κ3) is 4.35. The van der Waals surface area contributed by atoms with Crippen molar-refractivity contribution < 1.29 is 14.0 Å². The summed E-state index contributed by atoms with van der Waals surface area (Å²) in [5.74, 6) is -0.174. The van der Waals surface area contributed by atoms with Gasteiger partial charge in [0.15, 0.2) is 11.5 Å². The molecule has 1 aliphatic rings. The molecule has 4 rings (SSSR count). The predicted molar refractivity (Wildman–Crippen MR) is 119 cm³/mol. The zero-order valence-electron chi connectivity index (χ0n) is 17.8. The Kier molecular flexibility index (Phi) is 5.35. The summed E-state index contributed by atoms with van der Waals surface area (Å²) in [4.78, 5) is 32.5. The number of aromatic amines is 1. The minimum absolute atomic E-state index is 0.0939. The molecule has 0 fully saturated rings. The number of rotatable bonds is 5. The summed E-state index contributed by atoms with van der Waals surface area (Å²) < 4.78 is 13.9. The van der Waals surface area contributed by atoms with E-state index in [9.17, 15) is 14.0 Å². The van der Waals surface area contributed by atoms with Crippen LogP contribution in [-0.4, -0.2) is 27.3 Å². The summed E-state index contributed by atoms with van der Waals surface area (Å²) in [5.41, 5.74) is 2.56. The summed E-state index contributed by atoms with van der Waals surface area (Å²) in [6, 6.07) is 13.1. The topological polar surface area (TPSA) is 86.9 Å². The van der Waals surface area contributed by atoms with Crippen molar-refractivity contribution in [2.45, 2.75) is 39.3 Å². The van der Waals surface area contributed by atoms with Crippen LogP contribution >= 0.6 is 0 Å². The molecule has 31 heavy (non-hydrogen) atoms.